The summed E-state index contributed by atoms with van der Waals surface area (Å²) in [5.74, 6) is -0.641. The summed E-state index contributed by atoms with van der Waals surface area (Å²) < 4.78 is 0. The van der Waals surface area contributed by atoms with Crippen LogP contribution in [0.2, 0.25) is 0 Å². The van der Waals surface area contributed by atoms with E-state index in [-0.39, 0.29) is 11.8 Å². The molecule has 0 aromatic rings. The summed E-state index contributed by atoms with van der Waals surface area (Å²) in [7, 11) is 1.73. The van der Waals surface area contributed by atoms with Crippen molar-refractivity contribution < 1.29 is 9.90 Å². The number of nitrogens with zero attached hydrogens (tertiary/aromatic N) is 1. The van der Waals surface area contributed by atoms with Gasteiger partial charge in [0.2, 0.25) is 0 Å². The first-order chi connectivity index (χ1) is 8.04. The molecule has 3 atom stereocenters. The van der Waals surface area contributed by atoms with Crippen molar-refractivity contribution in [2.75, 3.05) is 7.05 Å². The number of carboxylic acids is 1. The van der Waals surface area contributed by atoms with E-state index >= 15 is 0 Å². The number of aliphatic carboxylic acids is 1. The molecule has 1 fully saturated rings. The number of hydrogen-bond acceptors (Lipinski definition) is 4. The fourth-order valence-corrected chi connectivity index (χ4v) is 2.64. The van der Waals surface area contributed by atoms with Crippen LogP contribution in [-0.2, 0) is 4.79 Å². The third kappa shape index (κ3) is 3.19. The largest absolute Gasteiger partial charge is 0.480 e. The molecule has 0 saturated heterocycles. The molecule has 5 heteroatoms. The van der Waals surface area contributed by atoms with Gasteiger partial charge in [-0.2, -0.15) is 5.10 Å². The lowest BCUT2D eigenvalue weighted by molar-refractivity contribution is -0.144. The lowest BCUT2D eigenvalue weighted by Gasteiger charge is -2.26. The zero-order chi connectivity index (χ0) is 12.9. The van der Waals surface area contributed by atoms with Crippen molar-refractivity contribution in [1.29, 1.82) is 0 Å². The second-order valence-electron chi connectivity index (χ2n) is 4.89. The number of carbonyl (C=O) groups is 1. The molecule has 1 aliphatic rings. The Morgan fingerprint density at radius 2 is 2.41 bits per heavy atom. The topological polar surface area (TPSA) is 87.7 Å². The maximum absolute atomic E-state index is 11.3. The van der Waals surface area contributed by atoms with Crippen LogP contribution in [0.5, 0.6) is 0 Å². The first-order valence-corrected chi connectivity index (χ1v) is 6.26. The van der Waals surface area contributed by atoms with Crippen LogP contribution < -0.4 is 11.2 Å². The molecule has 3 unspecified atom stereocenters. The van der Waals surface area contributed by atoms with Gasteiger partial charge in [-0.3, -0.25) is 4.79 Å². The van der Waals surface area contributed by atoms with Crippen LogP contribution in [0, 0.1) is 11.8 Å². The van der Waals surface area contributed by atoms with Crippen molar-refractivity contribution in [3.8, 4) is 0 Å². The number of nitrogens with two attached hydrogens (primary N) is 1. The highest BCUT2D eigenvalue weighted by atomic mass is 16.4. The summed E-state index contributed by atoms with van der Waals surface area (Å²) >= 11 is 0. The van der Waals surface area contributed by atoms with E-state index in [9.17, 15) is 9.90 Å². The summed E-state index contributed by atoms with van der Waals surface area (Å²) in [5, 5.41) is 13.3. The van der Waals surface area contributed by atoms with Gasteiger partial charge in [0.1, 0.15) is 5.54 Å². The highest BCUT2D eigenvalue weighted by Crippen LogP contribution is 2.40. The zero-order valence-corrected chi connectivity index (χ0v) is 10.6. The van der Waals surface area contributed by atoms with Gasteiger partial charge in [-0.25, -0.2) is 0 Å². The second-order valence-corrected chi connectivity index (χ2v) is 4.89. The van der Waals surface area contributed by atoms with Gasteiger partial charge < -0.3 is 16.3 Å². The van der Waals surface area contributed by atoms with Gasteiger partial charge >= 0.3 is 5.97 Å². The molecule has 98 valence electrons. The zero-order valence-electron chi connectivity index (χ0n) is 10.6. The number of hydrazone groups is 1. The molecule has 1 saturated carbocycles. The van der Waals surface area contributed by atoms with Gasteiger partial charge in [0, 0.05) is 13.3 Å². The fourth-order valence-electron chi connectivity index (χ4n) is 2.64. The van der Waals surface area contributed by atoms with Crippen LogP contribution in [0.1, 0.15) is 39.0 Å². The number of unbranched alkanes of at least 4 members (excludes halogenated alkanes) is 1. The average molecular weight is 241 g/mol. The third-order valence-electron chi connectivity index (χ3n) is 3.63. The summed E-state index contributed by atoms with van der Waals surface area (Å²) in [6, 6.07) is 0. The van der Waals surface area contributed by atoms with Crippen LogP contribution >= 0.6 is 0 Å². The second kappa shape index (κ2) is 6.00. The molecule has 1 rings (SSSR count). The molecule has 1 aliphatic carbocycles. The van der Waals surface area contributed by atoms with Gasteiger partial charge in [0.25, 0.3) is 0 Å². The Kier molecular flexibility index (Phi) is 4.93. The summed E-state index contributed by atoms with van der Waals surface area (Å²) in [5.41, 5.74) is 7.69. The van der Waals surface area contributed by atoms with E-state index in [0.717, 1.165) is 25.7 Å². The molecule has 0 aromatic heterocycles. The molecular formula is C12H23N3O2. The third-order valence-corrected chi connectivity index (χ3v) is 3.63. The van der Waals surface area contributed by atoms with Gasteiger partial charge in [0.15, 0.2) is 0 Å². The molecule has 0 bridgehead atoms. The molecule has 5 nitrogen and oxygen atoms in total. The van der Waals surface area contributed by atoms with Crippen molar-refractivity contribution in [3.05, 3.63) is 0 Å². The van der Waals surface area contributed by atoms with Gasteiger partial charge in [-0.1, -0.05) is 19.8 Å². The highest BCUT2D eigenvalue weighted by molar-refractivity contribution is 5.81. The summed E-state index contributed by atoms with van der Waals surface area (Å²) in [6.45, 7) is 2.11. The SMILES string of the molecule is CCCCC1CC(C=NNC)CC1(N)C(=O)O. The quantitative estimate of drug-likeness (QED) is 0.481. The molecule has 0 heterocycles. The van der Waals surface area contributed by atoms with Crippen molar-refractivity contribution in [1.82, 2.24) is 5.43 Å². The van der Waals surface area contributed by atoms with Gasteiger partial charge in [-0.15, -0.1) is 0 Å². The lowest BCUT2D eigenvalue weighted by atomic mass is 9.84. The van der Waals surface area contributed by atoms with Crippen LogP contribution in [-0.4, -0.2) is 29.9 Å². The molecule has 0 amide bonds. The van der Waals surface area contributed by atoms with E-state index in [1.54, 1.807) is 13.3 Å². The Morgan fingerprint density at radius 1 is 1.71 bits per heavy atom. The fraction of sp³-hybridized carbons (Fsp3) is 0.833. The Morgan fingerprint density at radius 3 is 2.94 bits per heavy atom. The molecule has 0 radical (unpaired) electrons. The predicted octanol–water partition coefficient (Wildman–Crippen LogP) is 1.19. The monoisotopic (exact) mass is 241 g/mol. The summed E-state index contributed by atoms with van der Waals surface area (Å²) in [6.07, 6.45) is 6.10. The molecule has 4 N–H and O–H groups in total. The minimum atomic E-state index is -1.07. The van der Waals surface area contributed by atoms with E-state index in [4.69, 9.17) is 5.73 Å². The van der Waals surface area contributed by atoms with Crippen molar-refractivity contribution >= 4 is 12.2 Å². The predicted molar refractivity (Wildman–Crippen MR) is 67.8 cm³/mol. The van der Waals surface area contributed by atoms with E-state index in [2.05, 4.69) is 17.5 Å². The van der Waals surface area contributed by atoms with Crippen LogP contribution in [0.4, 0.5) is 0 Å². The number of carboxylic acid groups (broad SMARTS) is 1. The first-order valence-electron chi connectivity index (χ1n) is 6.26. The van der Waals surface area contributed by atoms with Gasteiger partial charge in [0.05, 0.1) is 0 Å². The van der Waals surface area contributed by atoms with Crippen LogP contribution in [0.25, 0.3) is 0 Å². The first kappa shape index (κ1) is 14.0. The van der Waals surface area contributed by atoms with Crippen molar-refractivity contribution in [3.63, 3.8) is 0 Å². The molecular weight excluding hydrogens is 218 g/mol. The molecule has 17 heavy (non-hydrogen) atoms. The lowest BCUT2D eigenvalue weighted by Crippen LogP contribution is -2.51. The summed E-state index contributed by atoms with van der Waals surface area (Å²) in [4.78, 5) is 11.3. The minimum Gasteiger partial charge on any atom is -0.480 e. The molecule has 0 aliphatic heterocycles. The Labute approximate surface area is 102 Å². The maximum Gasteiger partial charge on any atom is 0.323 e. The number of nitrogens with one attached hydrogen (secondary N) is 1. The van der Waals surface area contributed by atoms with Gasteiger partial charge in [-0.05, 0) is 31.1 Å². The van der Waals surface area contributed by atoms with Crippen molar-refractivity contribution in [2.24, 2.45) is 22.7 Å². The molecule has 0 spiro atoms. The minimum absolute atomic E-state index is 0.0632. The molecule has 0 aromatic carbocycles. The van der Waals surface area contributed by atoms with E-state index in [1.165, 1.54) is 0 Å². The Hall–Kier alpha value is -1.10. The smallest absolute Gasteiger partial charge is 0.323 e. The Bertz CT molecular complexity index is 293. The van der Waals surface area contributed by atoms with E-state index < -0.39 is 11.5 Å². The van der Waals surface area contributed by atoms with E-state index in [1.807, 2.05) is 0 Å². The average Bonchev–Trinajstić information content (AvgIpc) is 2.62. The normalized spacial score (nSPS) is 33.1. The van der Waals surface area contributed by atoms with Crippen molar-refractivity contribution in [2.45, 2.75) is 44.6 Å². The standard InChI is InChI=1S/C12H23N3O2/c1-3-4-5-10-6-9(8-15-14-2)7-12(10,13)11(16)17/h8-10,14H,3-7,13H2,1-2H3,(H,16,17). The number of rotatable bonds is 6. The Balaban J connectivity index is 2.72. The maximum atomic E-state index is 11.3. The van der Waals surface area contributed by atoms with Crippen LogP contribution in [0.3, 0.4) is 0 Å². The van der Waals surface area contributed by atoms with E-state index in [0.29, 0.717) is 6.42 Å². The highest BCUT2D eigenvalue weighted by Gasteiger charge is 2.49. The number of hydrogen-bond donors (Lipinski definition) is 3. The van der Waals surface area contributed by atoms with Crippen LogP contribution in [0.15, 0.2) is 5.10 Å².